The summed E-state index contributed by atoms with van der Waals surface area (Å²) in [6.45, 7) is 5.31. The molecule has 5 nitrogen and oxygen atoms in total. The van der Waals surface area contributed by atoms with E-state index in [-0.39, 0.29) is 0 Å². The molecule has 0 radical (unpaired) electrons. The normalized spacial score (nSPS) is 11.7. The molecule has 0 unspecified atom stereocenters. The zero-order valence-corrected chi connectivity index (χ0v) is 8.31. The molecule has 6 heteroatoms. The molecule has 0 bridgehead atoms. The molecule has 1 N–H and O–H groups in total. The Hall–Kier alpha value is -0.620. The van der Waals surface area contributed by atoms with Crippen molar-refractivity contribution in [2.24, 2.45) is 0 Å². The molecule has 0 aromatic heterocycles. The maximum absolute atomic E-state index is 11.2. The number of carbonyl (C=O) groups is 1. The molecule has 12 heavy (non-hydrogen) atoms. The van der Waals surface area contributed by atoms with Crippen LogP contribution in [0, 0.1) is 0 Å². The lowest BCUT2D eigenvalue weighted by atomic mass is 10.7. The summed E-state index contributed by atoms with van der Waals surface area (Å²) in [6.07, 6.45) is 0. The van der Waals surface area contributed by atoms with Crippen LogP contribution in [0.1, 0.15) is 20.8 Å². The molecule has 0 aromatic carbocycles. The summed E-state index contributed by atoms with van der Waals surface area (Å²) in [7, 11) is -3.59. The average Bonchev–Trinajstić information content (AvgIpc) is 1.85. The molecule has 0 saturated heterocycles. The minimum absolute atomic E-state index is 0.360. The summed E-state index contributed by atoms with van der Waals surface area (Å²) < 4.78 is 25.4. The van der Waals surface area contributed by atoms with Gasteiger partial charge in [-0.3, -0.25) is 4.79 Å². The second-order valence-electron chi connectivity index (χ2n) is 2.25. The second kappa shape index (κ2) is 4.42. The van der Waals surface area contributed by atoms with Crippen molar-refractivity contribution in [2.45, 2.75) is 20.8 Å². The van der Waals surface area contributed by atoms with Crippen LogP contribution in [-0.4, -0.2) is 31.7 Å². The zero-order valence-electron chi connectivity index (χ0n) is 7.49. The van der Waals surface area contributed by atoms with Gasteiger partial charge in [0, 0.05) is 20.0 Å². The lowest BCUT2D eigenvalue weighted by Crippen LogP contribution is -2.42. The summed E-state index contributed by atoms with van der Waals surface area (Å²) in [5, 5.41) is 0. The van der Waals surface area contributed by atoms with Gasteiger partial charge in [-0.2, -0.15) is 12.7 Å². The molecule has 0 aliphatic carbocycles. The van der Waals surface area contributed by atoms with Gasteiger partial charge in [-0.05, 0) is 0 Å². The van der Waals surface area contributed by atoms with Crippen molar-refractivity contribution in [3.8, 4) is 0 Å². The molecule has 72 valence electrons. The summed E-state index contributed by atoms with van der Waals surface area (Å²) >= 11 is 0. The van der Waals surface area contributed by atoms with Crippen LogP contribution in [-0.2, 0) is 15.0 Å². The predicted molar refractivity (Wildman–Crippen MR) is 45.7 cm³/mol. The number of amides is 1. The van der Waals surface area contributed by atoms with Crippen LogP contribution >= 0.6 is 0 Å². The fraction of sp³-hybridized carbons (Fsp3) is 0.833. The van der Waals surface area contributed by atoms with Gasteiger partial charge in [-0.15, -0.1) is 0 Å². The number of nitrogens with zero attached hydrogens (tertiary/aromatic N) is 1. The highest BCUT2D eigenvalue weighted by Gasteiger charge is 2.18. The summed E-state index contributed by atoms with van der Waals surface area (Å²) in [5.74, 6) is -0.568. The molecule has 0 aromatic rings. The SMILES string of the molecule is CCN(CC)S(=O)(=O)NC(C)=O. The molecule has 0 saturated carbocycles. The van der Waals surface area contributed by atoms with E-state index in [0.29, 0.717) is 13.1 Å². The zero-order chi connectivity index (χ0) is 9.78. The van der Waals surface area contributed by atoms with Crippen molar-refractivity contribution in [1.82, 2.24) is 9.03 Å². The largest absolute Gasteiger partial charge is 0.303 e. The monoisotopic (exact) mass is 194 g/mol. The van der Waals surface area contributed by atoms with Gasteiger partial charge >= 0.3 is 10.2 Å². The van der Waals surface area contributed by atoms with Crippen LogP contribution in [0.25, 0.3) is 0 Å². The van der Waals surface area contributed by atoms with Crippen LogP contribution in [0.2, 0.25) is 0 Å². The predicted octanol–water partition coefficient (Wildman–Crippen LogP) is -0.291. The lowest BCUT2D eigenvalue weighted by Gasteiger charge is -2.17. The minimum Gasteiger partial charge on any atom is -0.274 e. The highest BCUT2D eigenvalue weighted by Crippen LogP contribution is 1.95. The molecule has 0 aliphatic rings. The fourth-order valence-corrected chi connectivity index (χ4v) is 1.98. The molecule has 1 amide bonds. The topological polar surface area (TPSA) is 66.5 Å². The Morgan fingerprint density at radius 3 is 2.00 bits per heavy atom. The van der Waals surface area contributed by atoms with Gasteiger partial charge in [0.1, 0.15) is 0 Å². The Labute approximate surface area is 72.9 Å². The van der Waals surface area contributed by atoms with Crippen molar-refractivity contribution < 1.29 is 13.2 Å². The van der Waals surface area contributed by atoms with E-state index in [0.717, 1.165) is 0 Å². The Kier molecular flexibility index (Phi) is 4.19. The molecular weight excluding hydrogens is 180 g/mol. The first-order chi connectivity index (χ1) is 5.44. The second-order valence-corrected chi connectivity index (χ2v) is 3.92. The Balaban J connectivity index is 4.48. The highest BCUT2D eigenvalue weighted by molar-refractivity contribution is 7.87. The molecular formula is C6H14N2O3S. The van der Waals surface area contributed by atoms with Gasteiger partial charge in [-0.1, -0.05) is 13.8 Å². The van der Waals surface area contributed by atoms with E-state index in [2.05, 4.69) is 0 Å². The first-order valence-electron chi connectivity index (χ1n) is 3.72. The Morgan fingerprint density at radius 2 is 1.75 bits per heavy atom. The number of rotatable bonds is 4. The first kappa shape index (κ1) is 11.4. The van der Waals surface area contributed by atoms with Crippen LogP contribution in [0.5, 0.6) is 0 Å². The quantitative estimate of drug-likeness (QED) is 0.668. The number of hydrogen-bond acceptors (Lipinski definition) is 3. The summed E-state index contributed by atoms with van der Waals surface area (Å²) in [6, 6.07) is 0. The molecule has 0 rings (SSSR count). The molecule has 0 spiro atoms. The van der Waals surface area contributed by atoms with Crippen LogP contribution in [0.15, 0.2) is 0 Å². The van der Waals surface area contributed by atoms with Crippen molar-refractivity contribution in [1.29, 1.82) is 0 Å². The summed E-state index contributed by atoms with van der Waals surface area (Å²) in [4.78, 5) is 10.5. The van der Waals surface area contributed by atoms with Gasteiger partial charge in [0.25, 0.3) is 0 Å². The molecule has 0 heterocycles. The van der Waals surface area contributed by atoms with Crippen LogP contribution < -0.4 is 4.72 Å². The van der Waals surface area contributed by atoms with Crippen molar-refractivity contribution in [3.05, 3.63) is 0 Å². The van der Waals surface area contributed by atoms with Crippen LogP contribution in [0.4, 0.5) is 0 Å². The molecule has 0 atom stereocenters. The summed E-state index contributed by atoms with van der Waals surface area (Å²) in [5.41, 5.74) is 0. The third kappa shape index (κ3) is 3.19. The van der Waals surface area contributed by atoms with E-state index in [1.807, 2.05) is 4.72 Å². The highest BCUT2D eigenvalue weighted by atomic mass is 32.2. The standard InChI is InChI=1S/C6H14N2O3S/c1-4-8(5-2)12(10,11)7-6(3)9/h4-5H2,1-3H3,(H,7,9). The lowest BCUT2D eigenvalue weighted by molar-refractivity contribution is -0.117. The van der Waals surface area contributed by atoms with Gasteiger partial charge in [0.05, 0.1) is 0 Å². The number of hydrogen-bond donors (Lipinski definition) is 1. The van der Waals surface area contributed by atoms with E-state index in [1.54, 1.807) is 13.8 Å². The van der Waals surface area contributed by atoms with Gasteiger partial charge < -0.3 is 0 Å². The van der Waals surface area contributed by atoms with E-state index in [4.69, 9.17) is 0 Å². The maximum atomic E-state index is 11.2. The van der Waals surface area contributed by atoms with E-state index in [1.165, 1.54) is 11.2 Å². The fourth-order valence-electron chi connectivity index (χ4n) is 0.810. The first-order valence-corrected chi connectivity index (χ1v) is 5.16. The van der Waals surface area contributed by atoms with E-state index >= 15 is 0 Å². The average molecular weight is 194 g/mol. The van der Waals surface area contributed by atoms with Crippen molar-refractivity contribution in [2.75, 3.05) is 13.1 Å². The van der Waals surface area contributed by atoms with Gasteiger partial charge in [-0.25, -0.2) is 4.72 Å². The minimum atomic E-state index is -3.59. The van der Waals surface area contributed by atoms with Crippen molar-refractivity contribution in [3.63, 3.8) is 0 Å². The third-order valence-electron chi connectivity index (χ3n) is 1.32. The number of nitrogens with one attached hydrogen (secondary N) is 1. The van der Waals surface area contributed by atoms with E-state index in [9.17, 15) is 13.2 Å². The van der Waals surface area contributed by atoms with Crippen molar-refractivity contribution >= 4 is 16.1 Å². The number of carbonyl (C=O) groups excluding carboxylic acids is 1. The maximum Gasteiger partial charge on any atom is 0.303 e. The molecule has 0 aliphatic heterocycles. The Morgan fingerprint density at radius 1 is 1.33 bits per heavy atom. The molecule has 0 fully saturated rings. The van der Waals surface area contributed by atoms with E-state index < -0.39 is 16.1 Å². The van der Waals surface area contributed by atoms with Crippen LogP contribution in [0.3, 0.4) is 0 Å². The Bertz CT molecular complexity index is 244. The smallest absolute Gasteiger partial charge is 0.274 e. The third-order valence-corrected chi connectivity index (χ3v) is 3.06. The van der Waals surface area contributed by atoms with Gasteiger partial charge in [0.2, 0.25) is 5.91 Å². The van der Waals surface area contributed by atoms with Gasteiger partial charge in [0.15, 0.2) is 0 Å².